The lowest BCUT2D eigenvalue weighted by molar-refractivity contribution is 0.0744. The summed E-state index contributed by atoms with van der Waals surface area (Å²) in [4.78, 5) is 17.8. The Balaban J connectivity index is 2.00. The Bertz CT molecular complexity index is 390. The van der Waals surface area contributed by atoms with Crippen molar-refractivity contribution < 1.29 is 4.79 Å². The highest BCUT2D eigenvalue weighted by Gasteiger charge is 2.22. The summed E-state index contributed by atoms with van der Waals surface area (Å²) in [6, 6.07) is 1.81. The van der Waals surface area contributed by atoms with Crippen LogP contribution in [0.15, 0.2) is 22.9 Å². The summed E-state index contributed by atoms with van der Waals surface area (Å²) in [5, 5.41) is 0. The van der Waals surface area contributed by atoms with Crippen LogP contribution in [0.2, 0.25) is 0 Å². The van der Waals surface area contributed by atoms with Gasteiger partial charge in [-0.3, -0.25) is 9.78 Å². The number of aromatic nitrogens is 1. The molecule has 0 bridgehead atoms. The van der Waals surface area contributed by atoms with Gasteiger partial charge in [-0.25, -0.2) is 0 Å². The minimum atomic E-state index is 0.0562. The first-order valence-electron chi connectivity index (χ1n) is 5.53. The van der Waals surface area contributed by atoms with E-state index in [4.69, 9.17) is 0 Å². The fourth-order valence-corrected chi connectivity index (χ4v) is 2.26. The molecule has 1 aliphatic carbocycles. The van der Waals surface area contributed by atoms with E-state index < -0.39 is 0 Å². The Hall–Kier alpha value is -0.900. The first-order chi connectivity index (χ1) is 7.66. The number of carbonyl (C=O) groups is 1. The number of hydrogen-bond donors (Lipinski definition) is 0. The fourth-order valence-electron chi connectivity index (χ4n) is 1.89. The predicted molar refractivity (Wildman–Crippen MR) is 66.2 cm³/mol. The van der Waals surface area contributed by atoms with Crippen molar-refractivity contribution in [1.82, 2.24) is 9.88 Å². The smallest absolute Gasteiger partial charge is 0.255 e. The minimum absolute atomic E-state index is 0.0562. The van der Waals surface area contributed by atoms with Crippen molar-refractivity contribution in [1.29, 1.82) is 0 Å². The lowest BCUT2D eigenvalue weighted by Crippen LogP contribution is -2.34. The number of amides is 1. The van der Waals surface area contributed by atoms with Gasteiger partial charge >= 0.3 is 0 Å². The van der Waals surface area contributed by atoms with E-state index >= 15 is 0 Å². The molecule has 1 aromatic rings. The standard InChI is InChI=1S/C12H15BrN2O/c1-15(8-9-3-2-4-9)12(16)10-5-11(13)7-14-6-10/h5-7,9H,2-4,8H2,1H3. The van der Waals surface area contributed by atoms with Crippen molar-refractivity contribution >= 4 is 21.8 Å². The normalized spacial score (nSPS) is 15.6. The Morgan fingerprint density at radius 3 is 2.88 bits per heavy atom. The van der Waals surface area contributed by atoms with Gasteiger partial charge in [-0.15, -0.1) is 0 Å². The van der Waals surface area contributed by atoms with E-state index in [1.54, 1.807) is 17.3 Å². The van der Waals surface area contributed by atoms with E-state index in [0.29, 0.717) is 11.5 Å². The van der Waals surface area contributed by atoms with Gasteiger partial charge in [0.05, 0.1) is 5.56 Å². The van der Waals surface area contributed by atoms with Crippen LogP contribution in [0.3, 0.4) is 0 Å². The molecule has 1 saturated carbocycles. The van der Waals surface area contributed by atoms with Crippen molar-refractivity contribution in [2.45, 2.75) is 19.3 Å². The SMILES string of the molecule is CN(CC1CCC1)C(=O)c1cncc(Br)c1. The Kier molecular flexibility index (Phi) is 3.59. The van der Waals surface area contributed by atoms with Gasteiger partial charge in [0.2, 0.25) is 0 Å². The third-order valence-electron chi connectivity index (χ3n) is 3.06. The van der Waals surface area contributed by atoms with Crippen molar-refractivity contribution in [3.8, 4) is 0 Å². The van der Waals surface area contributed by atoms with E-state index in [2.05, 4.69) is 20.9 Å². The number of nitrogens with zero attached hydrogens (tertiary/aromatic N) is 2. The maximum atomic E-state index is 12.0. The summed E-state index contributed by atoms with van der Waals surface area (Å²) in [6.45, 7) is 0.866. The van der Waals surface area contributed by atoms with Crippen LogP contribution in [0.5, 0.6) is 0 Å². The molecule has 0 saturated heterocycles. The van der Waals surface area contributed by atoms with Crippen LogP contribution in [0, 0.1) is 5.92 Å². The van der Waals surface area contributed by atoms with Gasteiger partial charge in [-0.2, -0.15) is 0 Å². The van der Waals surface area contributed by atoms with Crippen molar-refractivity contribution in [2.24, 2.45) is 5.92 Å². The molecule has 86 valence electrons. The Labute approximate surface area is 104 Å². The molecule has 1 aliphatic rings. The molecule has 1 aromatic heterocycles. The van der Waals surface area contributed by atoms with Crippen LogP contribution in [-0.4, -0.2) is 29.4 Å². The van der Waals surface area contributed by atoms with Crippen LogP contribution < -0.4 is 0 Å². The Morgan fingerprint density at radius 1 is 1.56 bits per heavy atom. The molecule has 1 amide bonds. The average Bonchev–Trinajstić information content (AvgIpc) is 2.22. The van der Waals surface area contributed by atoms with Gasteiger partial charge in [-0.05, 0) is 40.8 Å². The zero-order chi connectivity index (χ0) is 11.5. The van der Waals surface area contributed by atoms with Crippen LogP contribution in [0.1, 0.15) is 29.6 Å². The highest BCUT2D eigenvalue weighted by molar-refractivity contribution is 9.10. The molecule has 16 heavy (non-hydrogen) atoms. The van der Waals surface area contributed by atoms with Gasteiger partial charge < -0.3 is 4.90 Å². The van der Waals surface area contributed by atoms with E-state index in [9.17, 15) is 4.79 Å². The molecule has 0 radical (unpaired) electrons. The predicted octanol–water partition coefficient (Wildman–Crippen LogP) is 2.72. The van der Waals surface area contributed by atoms with Gasteiger partial charge in [-0.1, -0.05) is 6.42 Å². The van der Waals surface area contributed by atoms with Crippen molar-refractivity contribution in [3.05, 3.63) is 28.5 Å². The third kappa shape index (κ3) is 2.61. The topological polar surface area (TPSA) is 33.2 Å². The Morgan fingerprint density at radius 2 is 2.31 bits per heavy atom. The van der Waals surface area contributed by atoms with Gasteiger partial charge in [0.15, 0.2) is 0 Å². The average molecular weight is 283 g/mol. The van der Waals surface area contributed by atoms with Crippen molar-refractivity contribution in [2.75, 3.05) is 13.6 Å². The quantitative estimate of drug-likeness (QED) is 0.854. The maximum absolute atomic E-state index is 12.0. The number of carbonyl (C=O) groups excluding carboxylic acids is 1. The molecule has 0 aliphatic heterocycles. The molecule has 2 rings (SSSR count). The summed E-state index contributed by atoms with van der Waals surface area (Å²) in [6.07, 6.45) is 7.13. The number of rotatable bonds is 3. The summed E-state index contributed by atoms with van der Waals surface area (Å²) in [5.74, 6) is 0.759. The first-order valence-corrected chi connectivity index (χ1v) is 6.32. The van der Waals surface area contributed by atoms with E-state index in [0.717, 1.165) is 11.0 Å². The second-order valence-electron chi connectivity index (χ2n) is 4.37. The summed E-state index contributed by atoms with van der Waals surface area (Å²) >= 11 is 3.32. The second kappa shape index (κ2) is 4.95. The fraction of sp³-hybridized carbons (Fsp3) is 0.500. The summed E-state index contributed by atoms with van der Waals surface area (Å²) in [5.41, 5.74) is 0.649. The molecule has 1 heterocycles. The molecular formula is C12H15BrN2O. The highest BCUT2D eigenvalue weighted by atomic mass is 79.9. The number of pyridine rings is 1. The lowest BCUT2D eigenvalue weighted by atomic mass is 9.85. The van der Waals surface area contributed by atoms with E-state index in [1.807, 2.05) is 13.1 Å². The molecular weight excluding hydrogens is 268 g/mol. The minimum Gasteiger partial charge on any atom is -0.341 e. The van der Waals surface area contributed by atoms with Crippen molar-refractivity contribution in [3.63, 3.8) is 0 Å². The summed E-state index contributed by atoms with van der Waals surface area (Å²) in [7, 11) is 1.86. The summed E-state index contributed by atoms with van der Waals surface area (Å²) < 4.78 is 0.843. The zero-order valence-corrected chi connectivity index (χ0v) is 10.9. The van der Waals surface area contributed by atoms with Gasteiger partial charge in [0.25, 0.3) is 5.91 Å². The second-order valence-corrected chi connectivity index (χ2v) is 5.29. The third-order valence-corrected chi connectivity index (χ3v) is 3.49. The lowest BCUT2D eigenvalue weighted by Gasteiger charge is -2.30. The van der Waals surface area contributed by atoms with Crippen LogP contribution in [0.4, 0.5) is 0 Å². The first kappa shape index (κ1) is 11.6. The monoisotopic (exact) mass is 282 g/mol. The van der Waals surface area contributed by atoms with Gasteiger partial charge in [0.1, 0.15) is 0 Å². The van der Waals surface area contributed by atoms with Gasteiger partial charge in [0, 0.05) is 30.5 Å². The number of hydrogen-bond acceptors (Lipinski definition) is 2. The van der Waals surface area contributed by atoms with Crippen LogP contribution in [-0.2, 0) is 0 Å². The highest BCUT2D eigenvalue weighted by Crippen LogP contribution is 2.27. The molecule has 0 N–H and O–H groups in total. The zero-order valence-electron chi connectivity index (χ0n) is 9.32. The van der Waals surface area contributed by atoms with E-state index in [-0.39, 0.29) is 5.91 Å². The van der Waals surface area contributed by atoms with E-state index in [1.165, 1.54) is 19.3 Å². The maximum Gasteiger partial charge on any atom is 0.255 e. The molecule has 0 atom stereocenters. The largest absolute Gasteiger partial charge is 0.341 e. The molecule has 3 nitrogen and oxygen atoms in total. The number of halogens is 1. The molecule has 0 spiro atoms. The molecule has 0 aromatic carbocycles. The molecule has 0 unspecified atom stereocenters. The molecule has 1 fully saturated rings. The van der Waals surface area contributed by atoms with Crippen LogP contribution >= 0.6 is 15.9 Å². The molecule has 4 heteroatoms. The van der Waals surface area contributed by atoms with Crippen LogP contribution in [0.25, 0.3) is 0 Å².